The van der Waals surface area contributed by atoms with E-state index in [4.69, 9.17) is 0 Å². The van der Waals surface area contributed by atoms with Gasteiger partial charge in [0.1, 0.15) is 17.8 Å². The van der Waals surface area contributed by atoms with Crippen molar-refractivity contribution in [2.45, 2.75) is 38.5 Å². The van der Waals surface area contributed by atoms with E-state index >= 15 is 0 Å². The van der Waals surface area contributed by atoms with Crippen LogP contribution >= 0.6 is 0 Å². The monoisotopic (exact) mass is 389 g/mol. The molecular weight excluding hydrogens is 362 g/mol. The van der Waals surface area contributed by atoms with Gasteiger partial charge in [0.2, 0.25) is 0 Å². The average molecular weight is 390 g/mol. The van der Waals surface area contributed by atoms with Crippen molar-refractivity contribution in [3.8, 4) is 0 Å². The van der Waals surface area contributed by atoms with E-state index in [0.717, 1.165) is 61.3 Å². The highest BCUT2D eigenvalue weighted by molar-refractivity contribution is 5.87. The third-order valence-electron chi connectivity index (χ3n) is 6.29. The number of Topliss-reactive ketones (excluding diaryl/α,β-unsaturated/α-hetero) is 1. The number of aryl methyl sites for hydroxylation is 1. The maximum absolute atomic E-state index is 12.7. The largest absolute Gasteiger partial charge is 0.378 e. The molecule has 1 fully saturated rings. The number of hydrogen-bond acceptors (Lipinski definition) is 5. The van der Waals surface area contributed by atoms with E-state index in [0.29, 0.717) is 24.7 Å². The molecule has 0 amide bonds. The van der Waals surface area contributed by atoms with Crippen molar-refractivity contribution in [2.75, 3.05) is 29.9 Å². The minimum Gasteiger partial charge on any atom is -0.378 e. The van der Waals surface area contributed by atoms with Gasteiger partial charge in [0.05, 0.1) is 11.9 Å². The van der Waals surface area contributed by atoms with Crippen LogP contribution in [0.25, 0.3) is 11.0 Å². The zero-order valence-electron chi connectivity index (χ0n) is 16.7. The van der Waals surface area contributed by atoms with Gasteiger partial charge in [-0.1, -0.05) is 12.1 Å². The lowest BCUT2D eigenvalue weighted by atomic mass is 9.92. The van der Waals surface area contributed by atoms with Crippen molar-refractivity contribution < 1.29 is 4.79 Å². The zero-order chi connectivity index (χ0) is 19.6. The first-order valence-corrected chi connectivity index (χ1v) is 10.7. The molecule has 1 saturated heterocycles. The Bertz CT molecular complexity index is 1030. The van der Waals surface area contributed by atoms with Gasteiger partial charge in [-0.05, 0) is 61.3 Å². The lowest BCUT2D eigenvalue weighted by molar-refractivity contribution is -0.118. The number of ketones is 1. The van der Waals surface area contributed by atoms with Crippen molar-refractivity contribution >= 4 is 28.3 Å². The molecule has 0 spiro atoms. The van der Waals surface area contributed by atoms with Gasteiger partial charge in [0.15, 0.2) is 5.78 Å². The first-order valence-electron chi connectivity index (χ1n) is 10.7. The van der Waals surface area contributed by atoms with Crippen LogP contribution in [0.2, 0.25) is 0 Å². The van der Waals surface area contributed by atoms with Crippen molar-refractivity contribution in [3.05, 3.63) is 47.9 Å². The summed E-state index contributed by atoms with van der Waals surface area (Å²) in [6.45, 7) is 2.28. The molecule has 2 aliphatic rings. The molecule has 6 heteroatoms. The molecule has 5 rings (SSSR count). The lowest BCUT2D eigenvalue weighted by Crippen LogP contribution is -2.37. The SMILES string of the molecule is O=C(CNc1cccc2c1CCC2)CC1CCCN(c2ncnc3[nH]ccc23)C1. The number of fused-ring (bicyclic) bond motifs is 2. The van der Waals surface area contributed by atoms with Crippen molar-refractivity contribution in [3.63, 3.8) is 0 Å². The summed E-state index contributed by atoms with van der Waals surface area (Å²) >= 11 is 0. The molecule has 2 N–H and O–H groups in total. The fraction of sp³-hybridized carbons (Fsp3) is 0.435. The van der Waals surface area contributed by atoms with Crippen LogP contribution in [-0.2, 0) is 17.6 Å². The topological polar surface area (TPSA) is 73.9 Å². The summed E-state index contributed by atoms with van der Waals surface area (Å²) in [6.07, 6.45) is 9.84. The van der Waals surface area contributed by atoms with Crippen LogP contribution in [0.4, 0.5) is 11.5 Å². The predicted octanol–water partition coefficient (Wildman–Crippen LogP) is 3.73. The Kier molecular flexibility index (Phi) is 4.92. The van der Waals surface area contributed by atoms with Gasteiger partial charge in [0, 0.05) is 31.4 Å². The number of hydrogen-bond donors (Lipinski definition) is 2. The molecule has 2 aromatic heterocycles. The number of carbonyl (C=O) groups excluding carboxylic acids is 1. The fourth-order valence-corrected chi connectivity index (χ4v) is 4.91. The number of benzene rings is 1. The van der Waals surface area contributed by atoms with Gasteiger partial charge in [-0.15, -0.1) is 0 Å². The molecule has 0 radical (unpaired) electrons. The molecule has 29 heavy (non-hydrogen) atoms. The Hall–Kier alpha value is -2.89. The van der Waals surface area contributed by atoms with Crippen LogP contribution < -0.4 is 10.2 Å². The lowest BCUT2D eigenvalue weighted by Gasteiger charge is -2.33. The maximum atomic E-state index is 12.7. The number of nitrogens with zero attached hydrogens (tertiary/aromatic N) is 3. The van der Waals surface area contributed by atoms with Gasteiger partial charge >= 0.3 is 0 Å². The number of carbonyl (C=O) groups is 1. The maximum Gasteiger partial charge on any atom is 0.152 e. The van der Waals surface area contributed by atoms with Crippen molar-refractivity contribution in [1.29, 1.82) is 0 Å². The molecule has 1 aliphatic carbocycles. The second-order valence-electron chi connectivity index (χ2n) is 8.28. The molecule has 1 atom stereocenters. The van der Waals surface area contributed by atoms with E-state index in [1.165, 1.54) is 17.5 Å². The van der Waals surface area contributed by atoms with Crippen LogP contribution in [0.15, 0.2) is 36.8 Å². The Labute approximate surface area is 170 Å². The van der Waals surface area contributed by atoms with Gasteiger partial charge in [-0.25, -0.2) is 9.97 Å². The highest BCUT2D eigenvalue weighted by atomic mass is 16.1. The number of H-pyrrole nitrogens is 1. The molecule has 0 saturated carbocycles. The fourth-order valence-electron chi connectivity index (χ4n) is 4.91. The summed E-state index contributed by atoms with van der Waals surface area (Å²) in [5, 5.41) is 4.46. The Morgan fingerprint density at radius 3 is 3.14 bits per heavy atom. The van der Waals surface area contributed by atoms with E-state index in [1.807, 2.05) is 12.3 Å². The van der Waals surface area contributed by atoms with Gasteiger partial charge in [-0.2, -0.15) is 0 Å². The third kappa shape index (κ3) is 3.71. The van der Waals surface area contributed by atoms with E-state index < -0.39 is 0 Å². The molecular formula is C23H27N5O. The van der Waals surface area contributed by atoms with Crippen LogP contribution in [0.5, 0.6) is 0 Å². The van der Waals surface area contributed by atoms with Crippen molar-refractivity contribution in [2.24, 2.45) is 5.92 Å². The molecule has 1 aromatic carbocycles. The van der Waals surface area contributed by atoms with Crippen LogP contribution in [0.1, 0.15) is 36.8 Å². The number of aromatic amines is 1. The number of anilines is 2. The number of piperidine rings is 1. The van der Waals surface area contributed by atoms with E-state index in [-0.39, 0.29) is 0 Å². The molecule has 1 aliphatic heterocycles. The first kappa shape index (κ1) is 18.2. The van der Waals surface area contributed by atoms with Crippen LogP contribution in [0, 0.1) is 5.92 Å². The summed E-state index contributed by atoms with van der Waals surface area (Å²) in [5.74, 6) is 1.65. The van der Waals surface area contributed by atoms with Gasteiger partial charge in [0.25, 0.3) is 0 Å². The highest BCUT2D eigenvalue weighted by Crippen LogP contribution is 2.30. The van der Waals surface area contributed by atoms with Crippen LogP contribution in [0.3, 0.4) is 0 Å². The molecule has 3 aromatic rings. The van der Waals surface area contributed by atoms with Crippen molar-refractivity contribution in [1.82, 2.24) is 15.0 Å². The van der Waals surface area contributed by atoms with E-state index in [9.17, 15) is 4.79 Å². The highest BCUT2D eigenvalue weighted by Gasteiger charge is 2.24. The molecule has 0 bridgehead atoms. The summed E-state index contributed by atoms with van der Waals surface area (Å²) in [6, 6.07) is 8.44. The third-order valence-corrected chi connectivity index (χ3v) is 6.29. The quantitative estimate of drug-likeness (QED) is 0.672. The smallest absolute Gasteiger partial charge is 0.152 e. The van der Waals surface area contributed by atoms with E-state index in [1.54, 1.807) is 6.33 Å². The minimum atomic E-state index is 0.293. The Morgan fingerprint density at radius 2 is 2.17 bits per heavy atom. The first-order chi connectivity index (χ1) is 14.3. The minimum absolute atomic E-state index is 0.293. The summed E-state index contributed by atoms with van der Waals surface area (Å²) < 4.78 is 0. The van der Waals surface area contributed by atoms with E-state index in [2.05, 4.69) is 43.4 Å². The van der Waals surface area contributed by atoms with Gasteiger partial charge < -0.3 is 15.2 Å². The number of aromatic nitrogens is 3. The summed E-state index contributed by atoms with van der Waals surface area (Å²) in [7, 11) is 0. The second kappa shape index (κ2) is 7.85. The summed E-state index contributed by atoms with van der Waals surface area (Å²) in [5.41, 5.74) is 4.86. The zero-order valence-corrected chi connectivity index (χ0v) is 16.7. The van der Waals surface area contributed by atoms with Gasteiger partial charge in [-0.3, -0.25) is 4.79 Å². The molecule has 1 unspecified atom stereocenters. The number of rotatable bonds is 6. The Balaban J connectivity index is 1.20. The predicted molar refractivity (Wildman–Crippen MR) is 115 cm³/mol. The second-order valence-corrected chi connectivity index (χ2v) is 8.28. The normalized spacial score (nSPS) is 18.8. The van der Waals surface area contributed by atoms with Crippen LogP contribution in [-0.4, -0.2) is 40.4 Å². The standard InChI is InChI=1S/C23H27N5O/c29-18(13-25-21-8-2-6-17-5-1-7-19(17)21)12-16-4-3-11-28(14-16)23-20-9-10-24-22(20)26-15-27-23/h2,6,8-10,15-16,25H,1,3-5,7,11-14H2,(H,24,26,27). The molecule has 3 heterocycles. The summed E-state index contributed by atoms with van der Waals surface area (Å²) in [4.78, 5) is 27.0. The molecule has 6 nitrogen and oxygen atoms in total. The number of nitrogens with one attached hydrogen (secondary N) is 2. The Morgan fingerprint density at radius 1 is 1.21 bits per heavy atom. The molecule has 150 valence electrons. The average Bonchev–Trinajstić information content (AvgIpc) is 3.41.